The number of nitrogens with two attached hydrogens (primary N) is 1. The molecule has 2 rings (SSSR count). The highest BCUT2D eigenvalue weighted by Crippen LogP contribution is 2.35. The van der Waals surface area contributed by atoms with Gasteiger partial charge in [-0.15, -0.1) is 0 Å². The maximum Gasteiger partial charge on any atom is 0.175 e. The fraction of sp³-hybridized carbons (Fsp3) is 0.133. The van der Waals surface area contributed by atoms with Gasteiger partial charge in [-0.25, -0.2) is 0 Å². The van der Waals surface area contributed by atoms with E-state index in [4.69, 9.17) is 20.4 Å². The molecule has 0 fully saturated rings. The van der Waals surface area contributed by atoms with Gasteiger partial charge in [0, 0.05) is 4.47 Å². The average Bonchev–Trinajstić information content (AvgIpc) is 2.49. The number of hydrogen-bond donors (Lipinski definition) is 2. The van der Waals surface area contributed by atoms with Gasteiger partial charge in [-0.3, -0.25) is 0 Å². The molecule has 0 saturated heterocycles. The third kappa shape index (κ3) is 3.46. The van der Waals surface area contributed by atoms with Gasteiger partial charge in [0.1, 0.15) is 5.75 Å². The molecule has 21 heavy (non-hydrogen) atoms. The van der Waals surface area contributed by atoms with Gasteiger partial charge in [-0.1, -0.05) is 23.4 Å². The quantitative estimate of drug-likeness (QED) is 0.372. The lowest BCUT2D eigenvalue weighted by Crippen LogP contribution is -2.15. The second-order valence-corrected chi connectivity index (χ2v) is 4.93. The van der Waals surface area contributed by atoms with Crippen molar-refractivity contribution in [3.63, 3.8) is 0 Å². The summed E-state index contributed by atoms with van der Waals surface area (Å²) in [4.78, 5) is 0. The number of amidine groups is 1. The molecule has 0 spiro atoms. The number of para-hydroxylation sites is 2. The van der Waals surface area contributed by atoms with Gasteiger partial charge >= 0.3 is 0 Å². The van der Waals surface area contributed by atoms with Crippen molar-refractivity contribution in [1.29, 1.82) is 0 Å². The number of benzene rings is 2. The molecule has 110 valence electrons. The van der Waals surface area contributed by atoms with Crippen molar-refractivity contribution in [3.05, 3.63) is 52.5 Å². The van der Waals surface area contributed by atoms with Crippen LogP contribution in [0.15, 0.2) is 52.1 Å². The van der Waals surface area contributed by atoms with E-state index in [0.29, 0.717) is 33.9 Å². The first kappa shape index (κ1) is 15.2. The highest BCUT2D eigenvalue weighted by molar-refractivity contribution is 9.10. The lowest BCUT2D eigenvalue weighted by molar-refractivity contribution is 0.317. The Morgan fingerprint density at radius 3 is 2.48 bits per heavy atom. The van der Waals surface area contributed by atoms with E-state index in [2.05, 4.69) is 21.1 Å². The van der Waals surface area contributed by atoms with E-state index in [1.807, 2.05) is 25.1 Å². The van der Waals surface area contributed by atoms with Gasteiger partial charge in [0.15, 0.2) is 17.3 Å². The minimum atomic E-state index is -0.0358. The van der Waals surface area contributed by atoms with Crippen molar-refractivity contribution in [2.24, 2.45) is 10.9 Å². The summed E-state index contributed by atoms with van der Waals surface area (Å²) in [5.74, 6) is 1.62. The molecule has 0 radical (unpaired) electrons. The maximum atomic E-state index is 8.90. The molecule has 0 unspecified atom stereocenters. The SMILES string of the molecule is CCOc1ccccc1Oc1cccc(Br)c1/C(N)=N/O. The Balaban J connectivity index is 2.43. The fourth-order valence-electron chi connectivity index (χ4n) is 1.82. The number of rotatable bonds is 5. The summed E-state index contributed by atoms with van der Waals surface area (Å²) in [6.07, 6.45) is 0. The van der Waals surface area contributed by atoms with E-state index >= 15 is 0 Å². The third-order valence-electron chi connectivity index (χ3n) is 2.71. The van der Waals surface area contributed by atoms with Gasteiger partial charge in [0.05, 0.1) is 12.2 Å². The van der Waals surface area contributed by atoms with E-state index in [9.17, 15) is 0 Å². The molecule has 5 nitrogen and oxygen atoms in total. The Morgan fingerprint density at radius 1 is 1.14 bits per heavy atom. The van der Waals surface area contributed by atoms with E-state index in [-0.39, 0.29) is 5.84 Å². The molecule has 2 aromatic rings. The maximum absolute atomic E-state index is 8.90. The topological polar surface area (TPSA) is 77.1 Å². The van der Waals surface area contributed by atoms with Crippen molar-refractivity contribution in [3.8, 4) is 17.2 Å². The van der Waals surface area contributed by atoms with Gasteiger partial charge < -0.3 is 20.4 Å². The number of halogens is 1. The highest BCUT2D eigenvalue weighted by Gasteiger charge is 2.15. The molecule has 0 aliphatic carbocycles. The minimum Gasteiger partial charge on any atom is -0.490 e. The molecule has 0 heterocycles. The lowest BCUT2D eigenvalue weighted by Gasteiger charge is -2.14. The Kier molecular flexibility index (Phi) is 5.05. The fourth-order valence-corrected chi connectivity index (χ4v) is 2.37. The third-order valence-corrected chi connectivity index (χ3v) is 3.37. The average molecular weight is 351 g/mol. The first-order chi connectivity index (χ1) is 10.2. The summed E-state index contributed by atoms with van der Waals surface area (Å²) in [6.45, 7) is 2.43. The molecule has 3 N–H and O–H groups in total. The zero-order valence-corrected chi connectivity index (χ0v) is 13.0. The van der Waals surface area contributed by atoms with Crippen LogP contribution in [0.4, 0.5) is 0 Å². The molecule has 2 aromatic carbocycles. The summed E-state index contributed by atoms with van der Waals surface area (Å²) in [5, 5.41) is 11.9. The van der Waals surface area contributed by atoms with Crippen LogP contribution in [0.3, 0.4) is 0 Å². The van der Waals surface area contributed by atoms with Crippen LogP contribution in [0.2, 0.25) is 0 Å². The zero-order valence-electron chi connectivity index (χ0n) is 11.4. The summed E-state index contributed by atoms with van der Waals surface area (Å²) in [6, 6.07) is 12.6. The van der Waals surface area contributed by atoms with Crippen LogP contribution in [-0.2, 0) is 0 Å². The highest BCUT2D eigenvalue weighted by atomic mass is 79.9. The van der Waals surface area contributed by atoms with E-state index in [1.54, 1.807) is 24.3 Å². The van der Waals surface area contributed by atoms with Crippen LogP contribution >= 0.6 is 15.9 Å². The minimum absolute atomic E-state index is 0.0358. The predicted molar refractivity (Wildman–Crippen MR) is 84.3 cm³/mol. The van der Waals surface area contributed by atoms with Crippen molar-refractivity contribution < 1.29 is 14.7 Å². The molecule has 0 aliphatic heterocycles. The summed E-state index contributed by atoms with van der Waals surface area (Å²) >= 11 is 3.37. The van der Waals surface area contributed by atoms with Gasteiger partial charge in [-0.2, -0.15) is 0 Å². The van der Waals surface area contributed by atoms with Crippen molar-refractivity contribution in [1.82, 2.24) is 0 Å². The Bertz CT molecular complexity index is 659. The molecule has 0 aromatic heterocycles. The predicted octanol–water partition coefficient (Wildman–Crippen LogP) is 3.73. The molecular weight excluding hydrogens is 336 g/mol. The van der Waals surface area contributed by atoms with Gasteiger partial charge in [0.25, 0.3) is 0 Å². The van der Waals surface area contributed by atoms with Crippen molar-refractivity contribution in [2.45, 2.75) is 6.92 Å². The Hall–Kier alpha value is -2.21. The van der Waals surface area contributed by atoms with Crippen LogP contribution in [-0.4, -0.2) is 17.6 Å². The van der Waals surface area contributed by atoms with Crippen molar-refractivity contribution >= 4 is 21.8 Å². The zero-order chi connectivity index (χ0) is 15.2. The van der Waals surface area contributed by atoms with Crippen LogP contribution in [0.1, 0.15) is 12.5 Å². The number of oxime groups is 1. The molecule has 0 aliphatic rings. The van der Waals surface area contributed by atoms with E-state index in [1.165, 1.54) is 0 Å². The van der Waals surface area contributed by atoms with E-state index < -0.39 is 0 Å². The molecule has 6 heteroatoms. The normalized spacial score (nSPS) is 11.2. The second-order valence-electron chi connectivity index (χ2n) is 4.08. The molecule has 0 bridgehead atoms. The number of hydrogen-bond acceptors (Lipinski definition) is 4. The summed E-state index contributed by atoms with van der Waals surface area (Å²) in [5.41, 5.74) is 6.18. The van der Waals surface area contributed by atoms with Crippen LogP contribution in [0.25, 0.3) is 0 Å². The second kappa shape index (κ2) is 6.99. The van der Waals surface area contributed by atoms with Gasteiger partial charge in [0.2, 0.25) is 0 Å². The number of nitrogens with zero attached hydrogens (tertiary/aromatic N) is 1. The monoisotopic (exact) mass is 350 g/mol. The standard InChI is InChI=1S/C15H15BrN2O3/c1-2-20-11-7-3-4-8-12(11)21-13-9-5-6-10(16)14(13)15(17)18-19/h3-9,19H,2H2,1H3,(H2,17,18). The summed E-state index contributed by atoms with van der Waals surface area (Å²) in [7, 11) is 0. The van der Waals surface area contributed by atoms with Gasteiger partial charge in [-0.05, 0) is 47.1 Å². The van der Waals surface area contributed by atoms with Crippen LogP contribution in [0, 0.1) is 0 Å². The first-order valence-electron chi connectivity index (χ1n) is 6.33. The smallest absolute Gasteiger partial charge is 0.175 e. The summed E-state index contributed by atoms with van der Waals surface area (Å²) < 4.78 is 12.1. The molecule has 0 atom stereocenters. The van der Waals surface area contributed by atoms with Crippen LogP contribution < -0.4 is 15.2 Å². The van der Waals surface area contributed by atoms with E-state index in [0.717, 1.165) is 0 Å². The number of ether oxygens (including phenoxy) is 2. The molecule has 0 saturated carbocycles. The molecular formula is C15H15BrN2O3. The first-order valence-corrected chi connectivity index (χ1v) is 7.12. The lowest BCUT2D eigenvalue weighted by atomic mass is 10.2. The largest absolute Gasteiger partial charge is 0.490 e. The Labute approximate surface area is 131 Å². The van der Waals surface area contributed by atoms with Crippen LogP contribution in [0.5, 0.6) is 17.2 Å². The Morgan fingerprint density at radius 2 is 1.81 bits per heavy atom. The molecule has 0 amide bonds. The van der Waals surface area contributed by atoms with Crippen molar-refractivity contribution in [2.75, 3.05) is 6.61 Å².